The van der Waals surface area contributed by atoms with Crippen molar-refractivity contribution < 1.29 is 9.53 Å². The van der Waals surface area contributed by atoms with Gasteiger partial charge in [0.15, 0.2) is 5.78 Å². The lowest BCUT2D eigenvalue weighted by Gasteiger charge is -2.39. The number of carbonyl (C=O) groups excluding carboxylic acids is 1. The van der Waals surface area contributed by atoms with Crippen molar-refractivity contribution in [3.63, 3.8) is 0 Å². The van der Waals surface area contributed by atoms with Gasteiger partial charge in [0.2, 0.25) is 0 Å². The summed E-state index contributed by atoms with van der Waals surface area (Å²) in [5, 5.41) is 0. The zero-order chi connectivity index (χ0) is 28.8. The number of nitrogens with zero attached hydrogens (tertiary/aromatic N) is 3. The lowest BCUT2D eigenvalue weighted by atomic mass is 9.78. The number of anilines is 2. The summed E-state index contributed by atoms with van der Waals surface area (Å²) in [6, 6.07) is 23.5. The van der Waals surface area contributed by atoms with Crippen molar-refractivity contribution in [3.05, 3.63) is 89.0 Å². The van der Waals surface area contributed by atoms with E-state index in [2.05, 4.69) is 96.1 Å². The molecule has 1 heterocycles. The summed E-state index contributed by atoms with van der Waals surface area (Å²) in [6.45, 7) is 15.2. The van der Waals surface area contributed by atoms with Gasteiger partial charge in [-0.3, -0.25) is 9.69 Å². The maximum absolute atomic E-state index is 12.0. The smallest absolute Gasteiger partial charge is 0.159 e. The highest BCUT2D eigenvalue weighted by molar-refractivity contribution is 5.95. The standard InChI is InChI=1S/C36H47N3O2/c1-5-19-38(34-26-32(29(4)40)18-17-27(34)2)23-20-37-21-24-39(25-22-37)33-16-9-11-28(3)35(33)41-36(31-14-10-15-31)30-12-7-6-8-13-30/h6-9,11-13,16-18,26,31,36H,5,10,14-15,19-25H2,1-4H3. The van der Waals surface area contributed by atoms with Gasteiger partial charge in [-0.1, -0.05) is 67.9 Å². The Balaban J connectivity index is 1.24. The zero-order valence-corrected chi connectivity index (χ0v) is 25.4. The topological polar surface area (TPSA) is 36.0 Å². The van der Waals surface area contributed by atoms with E-state index in [0.717, 1.165) is 63.5 Å². The SMILES string of the molecule is CCCN(CCN1CCN(c2cccc(C)c2OC(c2ccccc2)C2CCC2)CC1)c1cc(C(C)=O)ccc1C. The molecule has 218 valence electrons. The third-order valence-corrected chi connectivity index (χ3v) is 8.99. The van der Waals surface area contributed by atoms with Crippen molar-refractivity contribution in [2.24, 2.45) is 5.92 Å². The molecule has 0 aromatic heterocycles. The molecule has 5 rings (SSSR count). The number of ketones is 1. The average Bonchev–Trinajstić information content (AvgIpc) is 2.96. The maximum Gasteiger partial charge on any atom is 0.159 e. The molecule has 3 aromatic rings. The van der Waals surface area contributed by atoms with Crippen LogP contribution in [0.4, 0.5) is 11.4 Å². The van der Waals surface area contributed by atoms with Crippen molar-refractivity contribution in [1.82, 2.24) is 4.90 Å². The van der Waals surface area contributed by atoms with Gasteiger partial charge in [-0.15, -0.1) is 0 Å². The van der Waals surface area contributed by atoms with E-state index in [1.54, 1.807) is 6.92 Å². The molecule has 41 heavy (non-hydrogen) atoms. The number of hydrogen-bond donors (Lipinski definition) is 0. The molecule has 1 aliphatic carbocycles. The van der Waals surface area contributed by atoms with Crippen LogP contribution in [0.25, 0.3) is 0 Å². The van der Waals surface area contributed by atoms with Crippen LogP contribution in [0.5, 0.6) is 5.75 Å². The lowest BCUT2D eigenvalue weighted by Crippen LogP contribution is -2.48. The van der Waals surface area contributed by atoms with Gasteiger partial charge in [0, 0.05) is 63.0 Å². The summed E-state index contributed by atoms with van der Waals surface area (Å²) in [6.07, 6.45) is 4.98. The second-order valence-electron chi connectivity index (χ2n) is 11.9. The van der Waals surface area contributed by atoms with Crippen LogP contribution in [0.15, 0.2) is 66.7 Å². The number of benzene rings is 3. The Morgan fingerprint density at radius 3 is 2.34 bits per heavy atom. The number of aryl methyl sites for hydroxylation is 2. The Morgan fingerprint density at radius 2 is 1.68 bits per heavy atom. The van der Waals surface area contributed by atoms with Gasteiger partial charge >= 0.3 is 0 Å². The number of carbonyl (C=O) groups is 1. The lowest BCUT2D eigenvalue weighted by molar-refractivity contribution is 0.0834. The minimum atomic E-state index is 0.112. The molecule has 1 saturated heterocycles. The maximum atomic E-state index is 12.0. The second kappa shape index (κ2) is 13.6. The fourth-order valence-corrected chi connectivity index (χ4v) is 6.25. The fourth-order valence-electron chi connectivity index (χ4n) is 6.25. The molecule has 0 radical (unpaired) electrons. The highest BCUT2D eigenvalue weighted by atomic mass is 16.5. The van der Waals surface area contributed by atoms with Crippen LogP contribution in [0.2, 0.25) is 0 Å². The van der Waals surface area contributed by atoms with E-state index in [-0.39, 0.29) is 11.9 Å². The molecule has 1 saturated carbocycles. The molecule has 0 bridgehead atoms. The van der Waals surface area contributed by atoms with Gasteiger partial charge in [-0.2, -0.15) is 0 Å². The van der Waals surface area contributed by atoms with Crippen molar-refractivity contribution in [2.45, 2.75) is 59.5 Å². The third-order valence-electron chi connectivity index (χ3n) is 8.99. The molecule has 0 amide bonds. The number of hydrogen-bond acceptors (Lipinski definition) is 5. The highest BCUT2D eigenvalue weighted by Gasteiger charge is 2.32. The predicted octanol–water partition coefficient (Wildman–Crippen LogP) is 7.46. The molecule has 2 aliphatic rings. The molecular weight excluding hydrogens is 506 g/mol. The first-order valence-corrected chi connectivity index (χ1v) is 15.6. The zero-order valence-electron chi connectivity index (χ0n) is 25.4. The molecule has 3 aromatic carbocycles. The van der Waals surface area contributed by atoms with Crippen LogP contribution in [0.3, 0.4) is 0 Å². The second-order valence-corrected chi connectivity index (χ2v) is 11.9. The molecule has 1 aliphatic heterocycles. The van der Waals surface area contributed by atoms with E-state index >= 15 is 0 Å². The van der Waals surface area contributed by atoms with Gasteiger partial charge in [0.1, 0.15) is 11.9 Å². The van der Waals surface area contributed by atoms with Gasteiger partial charge in [-0.25, -0.2) is 0 Å². The van der Waals surface area contributed by atoms with Gasteiger partial charge in [0.05, 0.1) is 5.69 Å². The van der Waals surface area contributed by atoms with Crippen LogP contribution in [0, 0.1) is 19.8 Å². The van der Waals surface area contributed by atoms with Crippen LogP contribution in [-0.2, 0) is 0 Å². The van der Waals surface area contributed by atoms with Crippen LogP contribution < -0.4 is 14.5 Å². The van der Waals surface area contributed by atoms with E-state index in [1.807, 2.05) is 6.07 Å². The summed E-state index contributed by atoms with van der Waals surface area (Å²) in [5.74, 6) is 1.77. The first kappa shape index (κ1) is 29.2. The minimum absolute atomic E-state index is 0.112. The summed E-state index contributed by atoms with van der Waals surface area (Å²) in [4.78, 5) is 19.6. The molecule has 5 nitrogen and oxygen atoms in total. The number of para-hydroxylation sites is 1. The van der Waals surface area contributed by atoms with E-state index in [4.69, 9.17) is 4.74 Å². The van der Waals surface area contributed by atoms with Crippen molar-refractivity contribution >= 4 is 17.2 Å². The van der Waals surface area contributed by atoms with Gasteiger partial charge in [-0.05, 0) is 68.9 Å². The number of piperazine rings is 1. The normalized spacial score (nSPS) is 16.7. The Morgan fingerprint density at radius 1 is 0.927 bits per heavy atom. The molecule has 1 unspecified atom stereocenters. The largest absolute Gasteiger partial charge is 0.483 e. The molecule has 1 atom stereocenters. The van der Waals surface area contributed by atoms with Crippen molar-refractivity contribution in [1.29, 1.82) is 0 Å². The minimum Gasteiger partial charge on any atom is -0.483 e. The quantitative estimate of drug-likeness (QED) is 0.218. The van der Waals surface area contributed by atoms with Crippen LogP contribution in [0.1, 0.15) is 72.7 Å². The highest BCUT2D eigenvalue weighted by Crippen LogP contribution is 2.43. The van der Waals surface area contributed by atoms with Crippen molar-refractivity contribution in [3.8, 4) is 5.75 Å². The Hall–Kier alpha value is -3.31. The molecule has 5 heteroatoms. The van der Waals surface area contributed by atoms with Gasteiger partial charge < -0.3 is 14.5 Å². The van der Waals surface area contributed by atoms with E-state index in [1.165, 1.54) is 47.3 Å². The third kappa shape index (κ3) is 6.95. The van der Waals surface area contributed by atoms with Crippen molar-refractivity contribution in [2.75, 3.05) is 55.6 Å². The molecule has 0 spiro atoms. The van der Waals surface area contributed by atoms with Crippen LogP contribution >= 0.6 is 0 Å². The predicted molar refractivity (Wildman–Crippen MR) is 171 cm³/mol. The van der Waals surface area contributed by atoms with Gasteiger partial charge in [0.25, 0.3) is 0 Å². The number of ether oxygens (including phenoxy) is 1. The molecule has 0 N–H and O–H groups in total. The first-order chi connectivity index (χ1) is 19.9. The Bertz CT molecular complexity index is 1300. The monoisotopic (exact) mass is 553 g/mol. The number of Topliss-reactive ketones (excluding diaryl/α,β-unsaturated/α-hetero) is 1. The molecule has 2 fully saturated rings. The van der Waals surface area contributed by atoms with E-state index < -0.39 is 0 Å². The number of rotatable bonds is 12. The van der Waals surface area contributed by atoms with E-state index in [0.29, 0.717) is 5.92 Å². The summed E-state index contributed by atoms with van der Waals surface area (Å²) >= 11 is 0. The fraction of sp³-hybridized carbons (Fsp3) is 0.472. The molecular formula is C36H47N3O2. The summed E-state index contributed by atoms with van der Waals surface area (Å²) in [5.41, 5.74) is 6.95. The Kier molecular flexibility index (Phi) is 9.66. The Labute approximate surface area is 247 Å². The van der Waals surface area contributed by atoms with E-state index in [9.17, 15) is 4.79 Å². The summed E-state index contributed by atoms with van der Waals surface area (Å²) in [7, 11) is 0. The summed E-state index contributed by atoms with van der Waals surface area (Å²) < 4.78 is 6.95. The average molecular weight is 554 g/mol. The first-order valence-electron chi connectivity index (χ1n) is 15.6. The van der Waals surface area contributed by atoms with Crippen LogP contribution in [-0.4, -0.2) is 56.5 Å².